The van der Waals surface area contributed by atoms with Crippen molar-refractivity contribution in [1.82, 2.24) is 9.97 Å². The Balaban J connectivity index is 2.20. The Morgan fingerprint density at radius 1 is 1.18 bits per heavy atom. The molecule has 2 rings (SSSR count). The summed E-state index contributed by atoms with van der Waals surface area (Å²) in [4.78, 5) is 8.31. The van der Waals surface area contributed by atoms with Crippen molar-refractivity contribution in [1.29, 1.82) is 0 Å². The number of hydrogen-bond donors (Lipinski definition) is 1. The molecular formula is C13H14FN3. The summed E-state index contributed by atoms with van der Waals surface area (Å²) in [5, 5.41) is 3.15. The second kappa shape index (κ2) is 4.91. The maximum atomic E-state index is 13.6. The molecule has 0 radical (unpaired) electrons. The maximum absolute atomic E-state index is 13.6. The Morgan fingerprint density at radius 3 is 2.59 bits per heavy atom. The summed E-state index contributed by atoms with van der Waals surface area (Å²) in [6.45, 7) is 3.76. The molecule has 1 aromatic carbocycles. The quantitative estimate of drug-likeness (QED) is 0.882. The van der Waals surface area contributed by atoms with Crippen molar-refractivity contribution in [3.63, 3.8) is 0 Å². The highest BCUT2D eigenvalue weighted by Crippen LogP contribution is 2.21. The smallest absolute Gasteiger partial charge is 0.147 e. The fourth-order valence-corrected chi connectivity index (χ4v) is 1.66. The fraction of sp³-hybridized carbons (Fsp3) is 0.231. The largest absolute Gasteiger partial charge is 0.362 e. The number of hydrogen-bond acceptors (Lipinski definition) is 3. The fourth-order valence-electron chi connectivity index (χ4n) is 1.66. The lowest BCUT2D eigenvalue weighted by Crippen LogP contribution is -2.11. The number of aromatic nitrogens is 2. The van der Waals surface area contributed by atoms with Gasteiger partial charge in [0.15, 0.2) is 0 Å². The van der Waals surface area contributed by atoms with Crippen molar-refractivity contribution in [3.05, 3.63) is 53.7 Å². The van der Waals surface area contributed by atoms with Gasteiger partial charge in [-0.2, -0.15) is 0 Å². The maximum Gasteiger partial charge on any atom is 0.147 e. The van der Waals surface area contributed by atoms with Crippen LogP contribution in [0.5, 0.6) is 0 Å². The molecule has 0 saturated carbocycles. The van der Waals surface area contributed by atoms with Crippen molar-refractivity contribution in [3.8, 4) is 0 Å². The van der Waals surface area contributed by atoms with E-state index >= 15 is 0 Å². The van der Waals surface area contributed by atoms with Gasteiger partial charge in [0.2, 0.25) is 0 Å². The van der Waals surface area contributed by atoms with Gasteiger partial charge in [-0.1, -0.05) is 18.2 Å². The lowest BCUT2D eigenvalue weighted by atomic mass is 10.1. The highest BCUT2D eigenvalue weighted by atomic mass is 19.1. The van der Waals surface area contributed by atoms with Crippen LogP contribution in [0.4, 0.5) is 10.2 Å². The average Bonchev–Trinajstić information content (AvgIpc) is 2.32. The minimum atomic E-state index is -0.214. The summed E-state index contributed by atoms with van der Waals surface area (Å²) in [6, 6.07) is 6.57. The van der Waals surface area contributed by atoms with E-state index < -0.39 is 0 Å². The minimum absolute atomic E-state index is 0.147. The number of nitrogens with zero attached hydrogens (tertiary/aromatic N) is 2. The van der Waals surface area contributed by atoms with E-state index in [1.54, 1.807) is 24.5 Å². The van der Waals surface area contributed by atoms with E-state index in [1.165, 1.54) is 6.07 Å². The predicted octanol–water partition coefficient (Wildman–Crippen LogP) is 3.10. The van der Waals surface area contributed by atoms with Gasteiger partial charge in [0.05, 0.1) is 11.7 Å². The summed E-state index contributed by atoms with van der Waals surface area (Å²) in [5.74, 6) is 0.470. The first kappa shape index (κ1) is 11.5. The first-order valence-corrected chi connectivity index (χ1v) is 5.47. The Hall–Kier alpha value is -1.97. The minimum Gasteiger partial charge on any atom is -0.362 e. The van der Waals surface area contributed by atoms with Gasteiger partial charge in [-0.15, -0.1) is 0 Å². The van der Waals surface area contributed by atoms with Gasteiger partial charge in [-0.05, 0) is 19.9 Å². The van der Waals surface area contributed by atoms with Gasteiger partial charge in [-0.3, -0.25) is 4.98 Å². The summed E-state index contributed by atoms with van der Waals surface area (Å²) in [6.07, 6.45) is 3.25. The molecule has 3 nitrogen and oxygen atoms in total. The lowest BCUT2D eigenvalue weighted by molar-refractivity contribution is 0.600. The van der Waals surface area contributed by atoms with E-state index in [0.717, 1.165) is 5.69 Å². The topological polar surface area (TPSA) is 37.8 Å². The summed E-state index contributed by atoms with van der Waals surface area (Å²) in [5.41, 5.74) is 1.42. The molecule has 2 aromatic rings. The van der Waals surface area contributed by atoms with Gasteiger partial charge in [0.1, 0.15) is 11.6 Å². The molecule has 0 amide bonds. The van der Waals surface area contributed by atoms with Crippen molar-refractivity contribution < 1.29 is 4.39 Å². The normalized spacial score (nSPS) is 12.2. The highest BCUT2D eigenvalue weighted by Gasteiger charge is 2.11. The van der Waals surface area contributed by atoms with Crippen molar-refractivity contribution in [2.75, 3.05) is 5.32 Å². The Kier molecular flexibility index (Phi) is 3.32. The second-order valence-electron chi connectivity index (χ2n) is 3.88. The zero-order chi connectivity index (χ0) is 12.3. The van der Waals surface area contributed by atoms with Crippen LogP contribution >= 0.6 is 0 Å². The SMILES string of the molecule is Cc1nccnc1NC(C)c1ccccc1F. The number of aryl methyl sites for hydroxylation is 1. The Labute approximate surface area is 99.7 Å². The van der Waals surface area contributed by atoms with E-state index in [-0.39, 0.29) is 11.9 Å². The molecule has 17 heavy (non-hydrogen) atoms. The first-order valence-electron chi connectivity index (χ1n) is 5.47. The molecule has 0 saturated heterocycles. The van der Waals surface area contributed by atoms with Crippen LogP contribution in [0.15, 0.2) is 36.7 Å². The van der Waals surface area contributed by atoms with Crippen LogP contribution in [0.1, 0.15) is 24.2 Å². The number of nitrogens with one attached hydrogen (secondary N) is 1. The number of rotatable bonds is 3. The van der Waals surface area contributed by atoms with E-state index in [4.69, 9.17) is 0 Å². The van der Waals surface area contributed by atoms with Gasteiger partial charge >= 0.3 is 0 Å². The second-order valence-corrected chi connectivity index (χ2v) is 3.88. The van der Waals surface area contributed by atoms with E-state index in [9.17, 15) is 4.39 Å². The highest BCUT2D eigenvalue weighted by molar-refractivity contribution is 5.41. The summed E-state index contributed by atoms with van der Waals surface area (Å²) in [7, 11) is 0. The van der Waals surface area contributed by atoms with Crippen LogP contribution in [0.3, 0.4) is 0 Å². The summed E-state index contributed by atoms with van der Waals surface area (Å²) < 4.78 is 13.6. The Bertz CT molecular complexity index is 514. The van der Waals surface area contributed by atoms with Crippen LogP contribution < -0.4 is 5.32 Å². The Morgan fingerprint density at radius 2 is 1.88 bits per heavy atom. The molecule has 0 spiro atoms. The van der Waals surface area contributed by atoms with Crippen LogP contribution in [0.2, 0.25) is 0 Å². The van der Waals surface area contributed by atoms with Crippen LogP contribution in [0, 0.1) is 12.7 Å². The van der Waals surface area contributed by atoms with E-state index in [0.29, 0.717) is 11.4 Å². The number of benzene rings is 1. The molecule has 1 aromatic heterocycles. The molecule has 1 unspecified atom stereocenters. The third kappa shape index (κ3) is 2.58. The standard InChI is InChI=1S/C13H14FN3/c1-9(11-5-3-4-6-12(11)14)17-13-10(2)15-7-8-16-13/h3-9H,1-2H3,(H,16,17). The molecule has 0 fully saturated rings. The predicted molar refractivity (Wildman–Crippen MR) is 65.2 cm³/mol. The van der Waals surface area contributed by atoms with Gasteiger partial charge in [0, 0.05) is 18.0 Å². The van der Waals surface area contributed by atoms with Crippen LogP contribution in [-0.4, -0.2) is 9.97 Å². The van der Waals surface area contributed by atoms with Crippen molar-refractivity contribution in [2.45, 2.75) is 19.9 Å². The average molecular weight is 231 g/mol. The number of anilines is 1. The molecule has 0 aliphatic rings. The van der Waals surface area contributed by atoms with E-state index in [2.05, 4.69) is 15.3 Å². The molecule has 1 N–H and O–H groups in total. The van der Waals surface area contributed by atoms with Gasteiger partial charge < -0.3 is 5.32 Å². The zero-order valence-corrected chi connectivity index (χ0v) is 9.81. The molecule has 4 heteroatoms. The molecule has 88 valence electrons. The third-order valence-corrected chi connectivity index (χ3v) is 2.61. The zero-order valence-electron chi connectivity index (χ0n) is 9.81. The number of halogens is 1. The van der Waals surface area contributed by atoms with Crippen molar-refractivity contribution in [2.24, 2.45) is 0 Å². The van der Waals surface area contributed by atoms with E-state index in [1.807, 2.05) is 19.9 Å². The van der Waals surface area contributed by atoms with Crippen LogP contribution in [-0.2, 0) is 0 Å². The van der Waals surface area contributed by atoms with Gasteiger partial charge in [-0.25, -0.2) is 9.37 Å². The lowest BCUT2D eigenvalue weighted by Gasteiger charge is -2.16. The molecule has 1 heterocycles. The van der Waals surface area contributed by atoms with Crippen LogP contribution in [0.25, 0.3) is 0 Å². The first-order chi connectivity index (χ1) is 8.18. The van der Waals surface area contributed by atoms with Gasteiger partial charge in [0.25, 0.3) is 0 Å². The summed E-state index contributed by atoms with van der Waals surface area (Å²) >= 11 is 0. The molecular weight excluding hydrogens is 217 g/mol. The molecule has 1 atom stereocenters. The molecule has 0 bridgehead atoms. The monoisotopic (exact) mass is 231 g/mol. The van der Waals surface area contributed by atoms with Crippen molar-refractivity contribution >= 4 is 5.82 Å². The third-order valence-electron chi connectivity index (χ3n) is 2.61. The molecule has 0 aliphatic carbocycles. The molecule has 0 aliphatic heterocycles.